The van der Waals surface area contributed by atoms with Crippen molar-refractivity contribution < 1.29 is 14.4 Å². The van der Waals surface area contributed by atoms with E-state index in [1.807, 2.05) is 0 Å². The van der Waals surface area contributed by atoms with E-state index in [1.54, 1.807) is 31.2 Å². The van der Waals surface area contributed by atoms with E-state index in [0.29, 0.717) is 18.0 Å². The maximum atomic E-state index is 12.7. The third-order valence-corrected chi connectivity index (χ3v) is 4.57. The lowest BCUT2D eigenvalue weighted by atomic mass is 9.92. The van der Waals surface area contributed by atoms with E-state index in [2.05, 4.69) is 40.4 Å². The summed E-state index contributed by atoms with van der Waals surface area (Å²) >= 11 is 3.34. The number of benzene rings is 1. The normalized spacial score (nSPS) is 20.5. The summed E-state index contributed by atoms with van der Waals surface area (Å²) in [6, 6.07) is 6.61. The van der Waals surface area contributed by atoms with Crippen molar-refractivity contribution in [1.29, 1.82) is 0 Å². The number of carbonyl (C=O) groups excluding carboxylic acids is 3. The van der Waals surface area contributed by atoms with Gasteiger partial charge in [0.05, 0.1) is 0 Å². The van der Waals surface area contributed by atoms with Crippen molar-refractivity contribution in [2.75, 3.05) is 13.1 Å². The molecule has 7 heteroatoms. The number of nitrogens with one attached hydrogen (secondary N) is 2. The van der Waals surface area contributed by atoms with Gasteiger partial charge in [-0.1, -0.05) is 41.9 Å². The van der Waals surface area contributed by atoms with Gasteiger partial charge in [0.25, 0.3) is 5.91 Å². The molecule has 0 bridgehead atoms. The number of rotatable bonds is 6. The molecule has 4 amide bonds. The van der Waals surface area contributed by atoms with Crippen LogP contribution in [-0.4, -0.2) is 35.8 Å². The molecule has 1 heterocycles. The largest absolute Gasteiger partial charge is 0.355 e. The number of hydrogen-bond acceptors (Lipinski definition) is 3. The van der Waals surface area contributed by atoms with E-state index in [-0.39, 0.29) is 12.5 Å². The number of imide groups is 1. The Bertz CT molecular complexity index is 645. The van der Waals surface area contributed by atoms with Crippen LogP contribution in [0.3, 0.4) is 0 Å². The van der Waals surface area contributed by atoms with Gasteiger partial charge in [-0.25, -0.2) is 4.79 Å². The predicted octanol–water partition coefficient (Wildman–Crippen LogP) is 2.38. The number of halogens is 1. The maximum Gasteiger partial charge on any atom is 0.325 e. The fraction of sp³-hybridized carbons (Fsp3) is 0.471. The zero-order chi connectivity index (χ0) is 17.9. The first kappa shape index (κ1) is 18.4. The Kier molecular flexibility index (Phi) is 5.64. The van der Waals surface area contributed by atoms with E-state index in [9.17, 15) is 14.4 Å². The molecule has 6 nitrogen and oxygen atoms in total. The van der Waals surface area contributed by atoms with E-state index < -0.39 is 17.5 Å². The Balaban J connectivity index is 2.05. The van der Waals surface area contributed by atoms with E-state index in [4.69, 9.17) is 0 Å². The van der Waals surface area contributed by atoms with Crippen LogP contribution in [0.25, 0.3) is 0 Å². The van der Waals surface area contributed by atoms with Crippen molar-refractivity contribution in [3.8, 4) is 0 Å². The Morgan fingerprint density at radius 2 is 1.92 bits per heavy atom. The van der Waals surface area contributed by atoms with E-state index >= 15 is 0 Å². The Hall–Kier alpha value is -1.89. The summed E-state index contributed by atoms with van der Waals surface area (Å²) in [5, 5.41) is 5.43. The van der Waals surface area contributed by atoms with Crippen LogP contribution in [0.15, 0.2) is 28.7 Å². The SMILES string of the molecule is CC(C)CCNC(=O)CN1C(=O)NC(C)(c2ccc(Br)cc2)C1=O. The Morgan fingerprint density at radius 1 is 1.29 bits per heavy atom. The van der Waals surface area contributed by atoms with Crippen LogP contribution in [0.5, 0.6) is 0 Å². The van der Waals surface area contributed by atoms with Crippen molar-refractivity contribution >= 4 is 33.8 Å². The second-order valence-electron chi connectivity index (χ2n) is 6.49. The summed E-state index contributed by atoms with van der Waals surface area (Å²) in [6.07, 6.45) is 0.850. The smallest absolute Gasteiger partial charge is 0.325 e. The monoisotopic (exact) mass is 395 g/mol. The van der Waals surface area contributed by atoms with Crippen LogP contribution in [0.1, 0.15) is 32.8 Å². The number of carbonyl (C=O) groups is 3. The zero-order valence-electron chi connectivity index (χ0n) is 14.1. The van der Waals surface area contributed by atoms with Gasteiger partial charge in [0, 0.05) is 11.0 Å². The molecule has 1 saturated heterocycles. The van der Waals surface area contributed by atoms with Crippen LogP contribution in [0.4, 0.5) is 4.79 Å². The van der Waals surface area contributed by atoms with Gasteiger partial charge in [-0.3, -0.25) is 14.5 Å². The summed E-state index contributed by atoms with van der Waals surface area (Å²) in [5.74, 6) is -0.282. The van der Waals surface area contributed by atoms with Crippen molar-refractivity contribution in [2.45, 2.75) is 32.7 Å². The molecule has 0 radical (unpaired) electrons. The molecule has 130 valence electrons. The zero-order valence-corrected chi connectivity index (χ0v) is 15.6. The molecule has 1 aliphatic heterocycles. The lowest BCUT2D eigenvalue weighted by Crippen LogP contribution is -2.43. The minimum absolute atomic E-state index is 0.269. The minimum Gasteiger partial charge on any atom is -0.355 e. The Labute approximate surface area is 150 Å². The molecule has 0 aliphatic carbocycles. The van der Waals surface area contributed by atoms with Crippen LogP contribution in [0, 0.1) is 5.92 Å². The first-order valence-electron chi connectivity index (χ1n) is 7.91. The van der Waals surface area contributed by atoms with Crippen molar-refractivity contribution in [3.05, 3.63) is 34.3 Å². The summed E-state index contributed by atoms with van der Waals surface area (Å²) in [6.45, 7) is 6.03. The number of nitrogens with zero attached hydrogens (tertiary/aromatic N) is 1. The fourth-order valence-corrected chi connectivity index (χ4v) is 2.78. The standard InChI is InChI=1S/C17H22BrN3O3/c1-11(2)8-9-19-14(22)10-21-15(23)17(3,20-16(21)24)12-4-6-13(18)7-5-12/h4-7,11H,8-10H2,1-3H3,(H,19,22)(H,20,24). The average molecular weight is 396 g/mol. The fourth-order valence-electron chi connectivity index (χ4n) is 2.52. The first-order valence-corrected chi connectivity index (χ1v) is 8.70. The summed E-state index contributed by atoms with van der Waals surface area (Å²) in [7, 11) is 0. The summed E-state index contributed by atoms with van der Waals surface area (Å²) < 4.78 is 0.882. The summed E-state index contributed by atoms with van der Waals surface area (Å²) in [4.78, 5) is 37.8. The Morgan fingerprint density at radius 3 is 2.50 bits per heavy atom. The molecule has 0 aromatic heterocycles. The van der Waals surface area contributed by atoms with Crippen LogP contribution in [-0.2, 0) is 15.1 Å². The van der Waals surface area contributed by atoms with Crippen molar-refractivity contribution in [1.82, 2.24) is 15.5 Å². The molecule has 24 heavy (non-hydrogen) atoms. The molecule has 0 saturated carbocycles. The van der Waals surface area contributed by atoms with Crippen LogP contribution in [0.2, 0.25) is 0 Å². The van der Waals surface area contributed by atoms with Gasteiger partial charge < -0.3 is 10.6 Å². The molecular formula is C17H22BrN3O3. The molecule has 1 unspecified atom stereocenters. The van der Waals surface area contributed by atoms with Gasteiger partial charge in [-0.2, -0.15) is 0 Å². The molecule has 1 atom stereocenters. The maximum absolute atomic E-state index is 12.7. The molecular weight excluding hydrogens is 374 g/mol. The molecule has 1 aromatic carbocycles. The third-order valence-electron chi connectivity index (χ3n) is 4.04. The van der Waals surface area contributed by atoms with Crippen molar-refractivity contribution in [3.63, 3.8) is 0 Å². The molecule has 1 aliphatic rings. The highest BCUT2D eigenvalue weighted by Gasteiger charge is 2.49. The lowest BCUT2D eigenvalue weighted by Gasteiger charge is -2.22. The topological polar surface area (TPSA) is 78.5 Å². The van der Waals surface area contributed by atoms with Gasteiger partial charge >= 0.3 is 6.03 Å². The second kappa shape index (κ2) is 7.34. The van der Waals surface area contributed by atoms with Crippen molar-refractivity contribution in [2.24, 2.45) is 5.92 Å². The lowest BCUT2D eigenvalue weighted by molar-refractivity contribution is -0.134. The highest BCUT2D eigenvalue weighted by molar-refractivity contribution is 9.10. The highest BCUT2D eigenvalue weighted by Crippen LogP contribution is 2.29. The number of hydrogen-bond donors (Lipinski definition) is 2. The number of urea groups is 1. The quantitative estimate of drug-likeness (QED) is 0.725. The third kappa shape index (κ3) is 3.95. The minimum atomic E-state index is -1.16. The van der Waals surface area contributed by atoms with Gasteiger partial charge in [0.1, 0.15) is 12.1 Å². The predicted molar refractivity (Wildman–Crippen MR) is 94.2 cm³/mol. The molecule has 2 rings (SSSR count). The van der Waals surface area contributed by atoms with Gasteiger partial charge in [0.15, 0.2) is 0 Å². The van der Waals surface area contributed by atoms with Gasteiger partial charge in [-0.15, -0.1) is 0 Å². The van der Waals surface area contributed by atoms with E-state index in [1.165, 1.54) is 0 Å². The molecule has 0 spiro atoms. The second-order valence-corrected chi connectivity index (χ2v) is 7.40. The molecule has 2 N–H and O–H groups in total. The van der Waals surface area contributed by atoms with E-state index in [0.717, 1.165) is 15.8 Å². The summed E-state index contributed by atoms with van der Waals surface area (Å²) in [5.41, 5.74) is -0.484. The average Bonchev–Trinajstić information content (AvgIpc) is 2.72. The first-order chi connectivity index (χ1) is 11.2. The van der Waals surface area contributed by atoms with Crippen LogP contribution < -0.4 is 10.6 Å². The molecule has 1 fully saturated rings. The van der Waals surface area contributed by atoms with Crippen LogP contribution >= 0.6 is 15.9 Å². The van der Waals surface area contributed by atoms with Gasteiger partial charge in [-0.05, 0) is 37.0 Å². The highest BCUT2D eigenvalue weighted by atomic mass is 79.9. The molecule has 1 aromatic rings. The van der Waals surface area contributed by atoms with Gasteiger partial charge in [0.2, 0.25) is 5.91 Å². The number of amides is 4.